The molecule has 0 fully saturated rings. The largest absolute Gasteiger partial charge is 0.497 e. The molecule has 2 aromatic carbocycles. The quantitative estimate of drug-likeness (QED) is 0.472. The molecule has 0 aliphatic heterocycles. The van der Waals surface area contributed by atoms with Crippen molar-refractivity contribution in [3.05, 3.63) is 53.6 Å². The molecule has 0 aliphatic carbocycles. The summed E-state index contributed by atoms with van der Waals surface area (Å²) in [6, 6.07) is 13.8. The molecule has 29 heavy (non-hydrogen) atoms. The Kier molecular flexibility index (Phi) is 9.11. The molecule has 0 saturated heterocycles. The van der Waals surface area contributed by atoms with Gasteiger partial charge in [0, 0.05) is 43.9 Å². The summed E-state index contributed by atoms with van der Waals surface area (Å²) < 4.78 is 16.6. The number of rotatable bonds is 10. The van der Waals surface area contributed by atoms with Crippen LogP contribution in [0.1, 0.15) is 11.1 Å². The Balaban J connectivity index is 1.93. The van der Waals surface area contributed by atoms with Crippen molar-refractivity contribution in [1.29, 1.82) is 0 Å². The normalized spacial score (nSPS) is 11.3. The van der Waals surface area contributed by atoms with E-state index < -0.39 is 0 Å². The van der Waals surface area contributed by atoms with E-state index in [2.05, 4.69) is 26.6 Å². The van der Waals surface area contributed by atoms with Crippen LogP contribution in [-0.4, -0.2) is 59.4 Å². The highest BCUT2D eigenvalue weighted by Gasteiger charge is 2.08. The molecule has 158 valence electrons. The van der Waals surface area contributed by atoms with Gasteiger partial charge >= 0.3 is 0 Å². The van der Waals surface area contributed by atoms with Gasteiger partial charge in [-0.15, -0.1) is 0 Å². The third-order valence-corrected chi connectivity index (χ3v) is 4.38. The van der Waals surface area contributed by atoms with E-state index in [1.54, 1.807) is 21.3 Å². The number of ether oxygens (including phenoxy) is 3. The van der Waals surface area contributed by atoms with E-state index in [4.69, 9.17) is 14.2 Å². The van der Waals surface area contributed by atoms with Gasteiger partial charge in [-0.25, -0.2) is 0 Å². The smallest absolute Gasteiger partial charge is 0.191 e. The minimum absolute atomic E-state index is 0.577. The Hall–Kier alpha value is -2.93. The van der Waals surface area contributed by atoms with Gasteiger partial charge < -0.3 is 29.7 Å². The Morgan fingerprint density at radius 3 is 2.24 bits per heavy atom. The topological polar surface area (TPSA) is 67.4 Å². The van der Waals surface area contributed by atoms with Gasteiger partial charge in [-0.1, -0.05) is 18.2 Å². The number of benzene rings is 2. The maximum absolute atomic E-state index is 5.92. The Morgan fingerprint density at radius 1 is 0.931 bits per heavy atom. The maximum atomic E-state index is 5.92. The van der Waals surface area contributed by atoms with Crippen LogP contribution in [0.15, 0.2) is 47.5 Å². The lowest BCUT2D eigenvalue weighted by atomic mass is 10.2. The van der Waals surface area contributed by atoms with Crippen LogP contribution in [0.5, 0.6) is 17.2 Å². The SMILES string of the molecule is CN=C(NCc1ccc(OC)cc1OC)NCc1ccccc1OCCN(C)C. The summed E-state index contributed by atoms with van der Waals surface area (Å²) in [6.07, 6.45) is 0. The van der Waals surface area contributed by atoms with Gasteiger partial charge in [0.2, 0.25) is 0 Å². The van der Waals surface area contributed by atoms with Crippen molar-refractivity contribution in [3.8, 4) is 17.2 Å². The summed E-state index contributed by atoms with van der Waals surface area (Å²) in [5, 5.41) is 6.65. The number of hydrogen-bond acceptors (Lipinski definition) is 5. The summed E-state index contributed by atoms with van der Waals surface area (Å²) in [5.41, 5.74) is 2.10. The molecule has 0 heterocycles. The van der Waals surface area contributed by atoms with Gasteiger partial charge in [-0.3, -0.25) is 4.99 Å². The van der Waals surface area contributed by atoms with Gasteiger partial charge in [0.15, 0.2) is 5.96 Å². The van der Waals surface area contributed by atoms with Crippen LogP contribution in [0.25, 0.3) is 0 Å². The van der Waals surface area contributed by atoms with Crippen molar-refractivity contribution in [3.63, 3.8) is 0 Å². The van der Waals surface area contributed by atoms with Crippen LogP contribution in [0.4, 0.5) is 0 Å². The number of nitrogens with one attached hydrogen (secondary N) is 2. The van der Waals surface area contributed by atoms with E-state index in [1.807, 2.05) is 50.5 Å². The molecule has 7 nitrogen and oxygen atoms in total. The average molecular weight is 401 g/mol. The van der Waals surface area contributed by atoms with Gasteiger partial charge in [0.1, 0.15) is 23.9 Å². The third-order valence-electron chi connectivity index (χ3n) is 4.38. The fourth-order valence-electron chi connectivity index (χ4n) is 2.71. The molecule has 2 N–H and O–H groups in total. The van der Waals surface area contributed by atoms with Crippen molar-refractivity contribution in [1.82, 2.24) is 15.5 Å². The highest BCUT2D eigenvalue weighted by Crippen LogP contribution is 2.24. The van der Waals surface area contributed by atoms with E-state index in [1.165, 1.54) is 0 Å². The predicted molar refractivity (Wildman–Crippen MR) is 117 cm³/mol. The van der Waals surface area contributed by atoms with Gasteiger partial charge in [-0.05, 0) is 32.3 Å². The third kappa shape index (κ3) is 7.19. The molecule has 0 unspecified atom stereocenters. The first kappa shape index (κ1) is 22.4. The van der Waals surface area contributed by atoms with Crippen molar-refractivity contribution in [2.24, 2.45) is 4.99 Å². The molecule has 2 rings (SSSR count). The molecule has 0 spiro atoms. The molecule has 0 aliphatic rings. The van der Waals surface area contributed by atoms with Crippen molar-refractivity contribution < 1.29 is 14.2 Å². The number of hydrogen-bond donors (Lipinski definition) is 2. The predicted octanol–water partition coefficient (Wildman–Crippen LogP) is 2.51. The lowest BCUT2D eigenvalue weighted by molar-refractivity contribution is 0.259. The number of methoxy groups -OCH3 is 2. The van der Waals surface area contributed by atoms with Crippen LogP contribution in [0.3, 0.4) is 0 Å². The number of aliphatic imine (C=N–C) groups is 1. The molecular formula is C22H32N4O3. The molecule has 2 aromatic rings. The first-order chi connectivity index (χ1) is 14.1. The monoisotopic (exact) mass is 400 g/mol. The summed E-state index contributed by atoms with van der Waals surface area (Å²) in [5.74, 6) is 3.12. The van der Waals surface area contributed by atoms with E-state index in [9.17, 15) is 0 Å². The highest BCUT2D eigenvalue weighted by atomic mass is 16.5. The zero-order valence-corrected chi connectivity index (χ0v) is 18.0. The number of likely N-dealkylation sites (N-methyl/N-ethyl adjacent to an activating group) is 1. The van der Waals surface area contributed by atoms with Crippen molar-refractivity contribution in [2.75, 3.05) is 48.5 Å². The van der Waals surface area contributed by atoms with E-state index in [-0.39, 0.29) is 0 Å². The zero-order valence-electron chi connectivity index (χ0n) is 18.0. The summed E-state index contributed by atoms with van der Waals surface area (Å²) in [6.45, 7) is 2.70. The standard InChI is InChI=1S/C22H32N4O3/c1-23-22(25-16-18-10-11-19(27-4)14-21(18)28-5)24-15-17-8-6-7-9-20(17)29-13-12-26(2)3/h6-11,14H,12-13,15-16H2,1-5H3,(H2,23,24,25). The first-order valence-electron chi connectivity index (χ1n) is 9.58. The van der Waals surface area contributed by atoms with Crippen molar-refractivity contribution >= 4 is 5.96 Å². The Bertz CT molecular complexity index is 793. The number of guanidine groups is 1. The molecule has 0 radical (unpaired) electrons. The molecule has 7 heteroatoms. The van der Waals surface area contributed by atoms with Crippen LogP contribution in [0, 0.1) is 0 Å². The summed E-state index contributed by atoms with van der Waals surface area (Å²) in [4.78, 5) is 6.40. The molecule has 0 saturated carbocycles. The summed E-state index contributed by atoms with van der Waals surface area (Å²) >= 11 is 0. The lowest BCUT2D eigenvalue weighted by Gasteiger charge is -2.17. The number of nitrogens with zero attached hydrogens (tertiary/aromatic N) is 2. The second-order valence-electron chi connectivity index (χ2n) is 6.72. The molecule has 0 aromatic heterocycles. The Morgan fingerprint density at radius 2 is 1.62 bits per heavy atom. The maximum Gasteiger partial charge on any atom is 0.191 e. The van der Waals surface area contributed by atoms with Crippen molar-refractivity contribution in [2.45, 2.75) is 13.1 Å². The van der Waals surface area contributed by atoms with Crippen LogP contribution >= 0.6 is 0 Å². The minimum atomic E-state index is 0.577. The molecule has 0 amide bonds. The average Bonchev–Trinajstić information content (AvgIpc) is 2.74. The Labute approximate surface area is 173 Å². The van der Waals surface area contributed by atoms with Crippen LogP contribution in [0.2, 0.25) is 0 Å². The lowest BCUT2D eigenvalue weighted by Crippen LogP contribution is -2.36. The number of para-hydroxylation sites is 1. The molecular weight excluding hydrogens is 368 g/mol. The fourth-order valence-corrected chi connectivity index (χ4v) is 2.71. The fraction of sp³-hybridized carbons (Fsp3) is 0.409. The highest BCUT2D eigenvalue weighted by molar-refractivity contribution is 5.79. The molecule has 0 atom stereocenters. The van der Waals surface area contributed by atoms with Gasteiger partial charge in [0.05, 0.1) is 14.2 Å². The van der Waals surface area contributed by atoms with Crippen LogP contribution < -0.4 is 24.8 Å². The van der Waals surface area contributed by atoms with Gasteiger partial charge in [0.25, 0.3) is 0 Å². The van der Waals surface area contributed by atoms with E-state index in [0.717, 1.165) is 34.9 Å². The first-order valence-corrected chi connectivity index (χ1v) is 9.58. The van der Waals surface area contributed by atoms with E-state index >= 15 is 0 Å². The van der Waals surface area contributed by atoms with Crippen LogP contribution in [-0.2, 0) is 13.1 Å². The second-order valence-corrected chi connectivity index (χ2v) is 6.72. The minimum Gasteiger partial charge on any atom is -0.497 e. The zero-order chi connectivity index (χ0) is 21.1. The summed E-state index contributed by atoms with van der Waals surface area (Å²) in [7, 11) is 9.10. The second kappa shape index (κ2) is 11.8. The molecule has 0 bridgehead atoms. The van der Waals surface area contributed by atoms with Gasteiger partial charge in [-0.2, -0.15) is 0 Å². The van der Waals surface area contributed by atoms with E-state index in [0.29, 0.717) is 25.7 Å².